The number of thiophene rings is 1. The molecule has 110 valence electrons. The third-order valence-electron chi connectivity index (χ3n) is 5.00. The Kier molecular flexibility index (Phi) is 3.87. The monoisotopic (exact) mass is 293 g/mol. The molecule has 1 aliphatic carbocycles. The van der Waals surface area contributed by atoms with E-state index >= 15 is 0 Å². The van der Waals surface area contributed by atoms with Gasteiger partial charge in [-0.15, -0.1) is 11.3 Å². The van der Waals surface area contributed by atoms with E-state index in [1.807, 2.05) is 11.3 Å². The number of rotatable bonds is 4. The zero-order valence-electron chi connectivity index (χ0n) is 12.1. The number of carboxylic acids is 1. The summed E-state index contributed by atoms with van der Waals surface area (Å²) in [6.45, 7) is 3.03. The second-order valence-electron chi connectivity index (χ2n) is 6.09. The third-order valence-corrected chi connectivity index (χ3v) is 5.99. The summed E-state index contributed by atoms with van der Waals surface area (Å²) in [5, 5.41) is 12.0. The van der Waals surface area contributed by atoms with E-state index < -0.39 is 11.5 Å². The molecule has 0 spiro atoms. The normalized spacial score (nSPS) is 30.4. The van der Waals surface area contributed by atoms with Gasteiger partial charge in [0.25, 0.3) is 0 Å². The molecule has 0 amide bonds. The van der Waals surface area contributed by atoms with Crippen LogP contribution in [-0.2, 0) is 11.2 Å². The number of aryl methyl sites for hydroxylation is 1. The summed E-state index contributed by atoms with van der Waals surface area (Å²) in [7, 11) is 0. The zero-order chi connectivity index (χ0) is 14.2. The van der Waals surface area contributed by atoms with Gasteiger partial charge >= 0.3 is 5.97 Å². The number of carboxylic acid groups (broad SMARTS) is 1. The molecule has 3 nitrogen and oxygen atoms in total. The lowest BCUT2D eigenvalue weighted by Gasteiger charge is -2.42. The van der Waals surface area contributed by atoms with Gasteiger partial charge < -0.3 is 5.11 Å². The van der Waals surface area contributed by atoms with Crippen molar-refractivity contribution in [2.24, 2.45) is 0 Å². The highest BCUT2D eigenvalue weighted by Crippen LogP contribution is 2.45. The Morgan fingerprint density at radius 2 is 2.40 bits per heavy atom. The standard InChI is InChI=1S/C16H23NO2S/c1-2-8-16(15(18)19)9-4-10-17(16)13-5-3-6-14-12(13)7-11-20-14/h7,11,13H,2-6,8-10H2,1H3,(H,18,19). The van der Waals surface area contributed by atoms with Gasteiger partial charge in [0.05, 0.1) is 0 Å². The molecule has 2 unspecified atom stereocenters. The van der Waals surface area contributed by atoms with Crippen molar-refractivity contribution in [1.29, 1.82) is 0 Å². The summed E-state index contributed by atoms with van der Waals surface area (Å²) in [4.78, 5) is 15.8. The molecule has 0 saturated carbocycles. The Morgan fingerprint density at radius 1 is 1.55 bits per heavy atom. The molecule has 1 aromatic rings. The number of nitrogens with zero attached hydrogens (tertiary/aromatic N) is 1. The van der Waals surface area contributed by atoms with Crippen molar-refractivity contribution in [2.45, 2.75) is 63.5 Å². The summed E-state index contributed by atoms with van der Waals surface area (Å²) >= 11 is 1.84. The molecule has 1 aliphatic heterocycles. The number of hydrogen-bond acceptors (Lipinski definition) is 3. The van der Waals surface area contributed by atoms with Crippen LogP contribution in [0.5, 0.6) is 0 Å². The molecule has 0 aromatic carbocycles. The van der Waals surface area contributed by atoms with Gasteiger partial charge in [0, 0.05) is 10.9 Å². The van der Waals surface area contributed by atoms with Crippen LogP contribution in [-0.4, -0.2) is 28.1 Å². The van der Waals surface area contributed by atoms with Gasteiger partial charge in [-0.1, -0.05) is 13.3 Å². The average molecular weight is 293 g/mol. The Labute approximate surface area is 124 Å². The molecule has 4 heteroatoms. The number of aliphatic carboxylic acids is 1. The molecule has 3 rings (SSSR count). The first kappa shape index (κ1) is 14.1. The molecule has 0 radical (unpaired) electrons. The van der Waals surface area contributed by atoms with Crippen LogP contribution in [0, 0.1) is 0 Å². The second-order valence-corrected chi connectivity index (χ2v) is 7.09. The topological polar surface area (TPSA) is 40.5 Å². The quantitative estimate of drug-likeness (QED) is 0.917. The Balaban J connectivity index is 1.95. The molecule has 1 fully saturated rings. The van der Waals surface area contributed by atoms with Gasteiger partial charge in [0.2, 0.25) is 0 Å². The fraction of sp³-hybridized carbons (Fsp3) is 0.688. The highest BCUT2D eigenvalue weighted by atomic mass is 32.1. The van der Waals surface area contributed by atoms with Crippen LogP contribution in [0.4, 0.5) is 0 Å². The summed E-state index contributed by atoms with van der Waals surface area (Å²) in [5.41, 5.74) is 0.792. The summed E-state index contributed by atoms with van der Waals surface area (Å²) in [6, 6.07) is 2.55. The first-order valence-electron chi connectivity index (χ1n) is 7.75. The zero-order valence-corrected chi connectivity index (χ0v) is 12.9. The molecule has 2 aliphatic rings. The van der Waals surface area contributed by atoms with Gasteiger partial charge in [-0.05, 0) is 62.1 Å². The first-order valence-corrected chi connectivity index (χ1v) is 8.63. The maximum absolute atomic E-state index is 12.0. The molecule has 1 aromatic heterocycles. The maximum Gasteiger partial charge on any atom is 0.324 e. The van der Waals surface area contributed by atoms with E-state index in [9.17, 15) is 9.90 Å². The lowest BCUT2D eigenvalue weighted by Crippen LogP contribution is -2.52. The lowest BCUT2D eigenvalue weighted by atomic mass is 9.85. The molecular weight excluding hydrogens is 270 g/mol. The van der Waals surface area contributed by atoms with Crippen LogP contribution in [0.1, 0.15) is 61.9 Å². The van der Waals surface area contributed by atoms with Crippen LogP contribution in [0.25, 0.3) is 0 Å². The van der Waals surface area contributed by atoms with Crippen LogP contribution in [0.2, 0.25) is 0 Å². The third kappa shape index (κ3) is 2.09. The van der Waals surface area contributed by atoms with Crippen LogP contribution >= 0.6 is 11.3 Å². The SMILES string of the molecule is CCCC1(C(=O)O)CCCN1C1CCCc2sccc21. The fourth-order valence-corrected chi connectivity index (χ4v) is 5.14. The Morgan fingerprint density at radius 3 is 3.15 bits per heavy atom. The van der Waals surface area contributed by atoms with Gasteiger partial charge in [-0.2, -0.15) is 0 Å². The molecule has 2 heterocycles. The molecular formula is C16H23NO2S. The maximum atomic E-state index is 12.0. The molecule has 2 atom stereocenters. The van der Waals surface area contributed by atoms with Crippen molar-refractivity contribution in [3.8, 4) is 0 Å². The average Bonchev–Trinajstić information content (AvgIpc) is 3.05. The van der Waals surface area contributed by atoms with E-state index in [2.05, 4.69) is 23.3 Å². The van der Waals surface area contributed by atoms with E-state index in [-0.39, 0.29) is 0 Å². The largest absolute Gasteiger partial charge is 0.480 e. The van der Waals surface area contributed by atoms with E-state index in [4.69, 9.17) is 0 Å². The second kappa shape index (κ2) is 5.49. The highest BCUT2D eigenvalue weighted by molar-refractivity contribution is 7.10. The van der Waals surface area contributed by atoms with Gasteiger partial charge in [0.1, 0.15) is 5.54 Å². The fourth-order valence-electron chi connectivity index (χ4n) is 4.16. The minimum absolute atomic E-state index is 0.329. The minimum atomic E-state index is -0.615. The number of hydrogen-bond donors (Lipinski definition) is 1. The highest BCUT2D eigenvalue weighted by Gasteiger charge is 2.50. The minimum Gasteiger partial charge on any atom is -0.480 e. The Hall–Kier alpha value is -0.870. The van der Waals surface area contributed by atoms with Gasteiger partial charge in [-0.25, -0.2) is 0 Å². The van der Waals surface area contributed by atoms with Crippen molar-refractivity contribution in [2.75, 3.05) is 6.54 Å². The summed E-state index contributed by atoms with van der Waals surface area (Å²) in [6.07, 6.45) is 7.02. The van der Waals surface area contributed by atoms with E-state index in [1.165, 1.54) is 23.3 Å². The van der Waals surface area contributed by atoms with Crippen molar-refractivity contribution < 1.29 is 9.90 Å². The number of carbonyl (C=O) groups is 1. The first-order chi connectivity index (χ1) is 9.69. The van der Waals surface area contributed by atoms with E-state index in [0.29, 0.717) is 6.04 Å². The number of fused-ring (bicyclic) bond motifs is 1. The van der Waals surface area contributed by atoms with Crippen LogP contribution in [0.15, 0.2) is 11.4 Å². The van der Waals surface area contributed by atoms with E-state index in [0.717, 1.165) is 38.6 Å². The Bertz CT molecular complexity index is 498. The molecule has 20 heavy (non-hydrogen) atoms. The predicted octanol–water partition coefficient (Wildman–Crippen LogP) is 3.84. The van der Waals surface area contributed by atoms with Crippen molar-refractivity contribution in [1.82, 2.24) is 4.90 Å². The predicted molar refractivity (Wildman–Crippen MR) is 81.2 cm³/mol. The summed E-state index contributed by atoms with van der Waals surface area (Å²) < 4.78 is 0. The summed E-state index contributed by atoms with van der Waals surface area (Å²) in [5.74, 6) is -0.612. The van der Waals surface area contributed by atoms with Gasteiger partial charge in [0.15, 0.2) is 0 Å². The molecule has 1 saturated heterocycles. The van der Waals surface area contributed by atoms with Crippen molar-refractivity contribution >= 4 is 17.3 Å². The van der Waals surface area contributed by atoms with Crippen molar-refractivity contribution in [3.05, 3.63) is 21.9 Å². The molecule has 0 bridgehead atoms. The smallest absolute Gasteiger partial charge is 0.324 e. The lowest BCUT2D eigenvalue weighted by molar-refractivity contribution is -0.152. The van der Waals surface area contributed by atoms with Crippen LogP contribution < -0.4 is 0 Å². The van der Waals surface area contributed by atoms with Crippen LogP contribution in [0.3, 0.4) is 0 Å². The number of likely N-dealkylation sites (tertiary alicyclic amines) is 1. The van der Waals surface area contributed by atoms with Crippen molar-refractivity contribution in [3.63, 3.8) is 0 Å². The van der Waals surface area contributed by atoms with Gasteiger partial charge in [-0.3, -0.25) is 9.69 Å². The van der Waals surface area contributed by atoms with E-state index in [1.54, 1.807) is 0 Å². The molecule has 1 N–H and O–H groups in total.